The molecule has 0 aliphatic heterocycles. The molecule has 0 aromatic heterocycles. The monoisotopic (exact) mass is 261 g/mol. The normalized spacial score (nSPS) is 12.3. The van der Waals surface area contributed by atoms with Gasteiger partial charge in [0.05, 0.1) is 6.42 Å². The number of aliphatic carboxylic acids is 1. The lowest BCUT2D eigenvalue weighted by atomic mass is 10.1. The van der Waals surface area contributed by atoms with E-state index < -0.39 is 12.0 Å². The number of hydrogen-bond donors (Lipinski definition) is 2. The summed E-state index contributed by atoms with van der Waals surface area (Å²) in [6.07, 6.45) is 3.99. The quantitative estimate of drug-likeness (QED) is 0.770. The minimum atomic E-state index is -1.02. The van der Waals surface area contributed by atoms with Gasteiger partial charge in [-0.2, -0.15) is 0 Å². The number of allylic oxidation sites excluding steroid dienone is 1. The number of carbonyl (C=O) groups is 2. The summed E-state index contributed by atoms with van der Waals surface area (Å²) < 4.78 is 0. The van der Waals surface area contributed by atoms with Crippen molar-refractivity contribution in [2.45, 2.75) is 32.7 Å². The summed E-state index contributed by atoms with van der Waals surface area (Å²) >= 11 is 0. The number of benzene rings is 1. The van der Waals surface area contributed by atoms with Crippen LogP contribution in [0.2, 0.25) is 0 Å². The van der Waals surface area contributed by atoms with Crippen molar-refractivity contribution in [3.63, 3.8) is 0 Å². The molecule has 4 heteroatoms. The zero-order chi connectivity index (χ0) is 14.3. The molecule has 1 atom stereocenters. The predicted octanol–water partition coefficient (Wildman–Crippen LogP) is 2.07. The summed E-state index contributed by atoms with van der Waals surface area (Å²) in [6, 6.07) is 6.70. The predicted molar refractivity (Wildman–Crippen MR) is 73.9 cm³/mol. The summed E-state index contributed by atoms with van der Waals surface area (Å²) in [5, 5.41) is 11.6. The third kappa shape index (κ3) is 4.95. The van der Waals surface area contributed by atoms with Crippen LogP contribution in [0, 0.1) is 6.92 Å². The molecule has 1 aromatic rings. The molecule has 2 N–H and O–H groups in total. The van der Waals surface area contributed by atoms with Crippen molar-refractivity contribution in [2.24, 2.45) is 0 Å². The number of aryl methyl sites for hydroxylation is 1. The molecule has 0 heterocycles. The summed E-state index contributed by atoms with van der Waals surface area (Å²) in [7, 11) is 0. The molecule has 1 aromatic carbocycles. The minimum absolute atomic E-state index is 0.201. The lowest BCUT2D eigenvalue weighted by Crippen LogP contribution is -2.41. The number of carboxylic acid groups (broad SMARTS) is 1. The van der Waals surface area contributed by atoms with Crippen LogP contribution in [0.3, 0.4) is 0 Å². The molecule has 0 saturated carbocycles. The topological polar surface area (TPSA) is 66.4 Å². The average molecular weight is 261 g/mol. The molecule has 0 saturated heterocycles. The van der Waals surface area contributed by atoms with Gasteiger partial charge in [-0.15, -0.1) is 0 Å². The van der Waals surface area contributed by atoms with Gasteiger partial charge in [0.1, 0.15) is 6.04 Å². The van der Waals surface area contributed by atoms with Gasteiger partial charge in [0.25, 0.3) is 0 Å². The maximum absolute atomic E-state index is 11.8. The molecule has 102 valence electrons. The highest BCUT2D eigenvalue weighted by atomic mass is 16.4. The van der Waals surface area contributed by atoms with E-state index in [0.717, 1.165) is 11.1 Å². The van der Waals surface area contributed by atoms with E-state index >= 15 is 0 Å². The third-order valence-electron chi connectivity index (χ3n) is 2.85. The highest BCUT2D eigenvalue weighted by molar-refractivity contribution is 5.85. The van der Waals surface area contributed by atoms with Crippen LogP contribution in [0.15, 0.2) is 36.4 Å². The Morgan fingerprint density at radius 2 is 2.05 bits per heavy atom. The van der Waals surface area contributed by atoms with E-state index in [0.29, 0.717) is 6.42 Å². The van der Waals surface area contributed by atoms with E-state index in [1.807, 2.05) is 38.1 Å². The molecule has 0 bridgehead atoms. The summed E-state index contributed by atoms with van der Waals surface area (Å²) in [5.74, 6) is -1.29. The molecule has 1 rings (SSSR count). The van der Waals surface area contributed by atoms with Crippen LogP contribution in [-0.2, 0) is 16.0 Å². The Labute approximate surface area is 113 Å². The maximum atomic E-state index is 11.8. The van der Waals surface area contributed by atoms with Crippen molar-refractivity contribution in [3.05, 3.63) is 47.5 Å². The molecule has 1 amide bonds. The molecule has 0 spiro atoms. The molecule has 0 aliphatic rings. The van der Waals surface area contributed by atoms with Crippen LogP contribution in [0.5, 0.6) is 0 Å². The van der Waals surface area contributed by atoms with Crippen molar-refractivity contribution in [2.75, 3.05) is 0 Å². The van der Waals surface area contributed by atoms with Crippen molar-refractivity contribution in [3.8, 4) is 0 Å². The highest BCUT2D eigenvalue weighted by Gasteiger charge is 2.18. The van der Waals surface area contributed by atoms with Gasteiger partial charge in [-0.1, -0.05) is 36.4 Å². The molecular formula is C15H19NO3. The summed E-state index contributed by atoms with van der Waals surface area (Å²) in [4.78, 5) is 22.9. The van der Waals surface area contributed by atoms with Gasteiger partial charge in [-0.3, -0.25) is 4.79 Å². The Morgan fingerprint density at radius 1 is 1.37 bits per heavy atom. The van der Waals surface area contributed by atoms with Gasteiger partial charge >= 0.3 is 5.97 Å². The van der Waals surface area contributed by atoms with Crippen LogP contribution >= 0.6 is 0 Å². The fourth-order valence-electron chi connectivity index (χ4n) is 1.72. The van der Waals surface area contributed by atoms with Gasteiger partial charge in [0.2, 0.25) is 5.91 Å². The zero-order valence-corrected chi connectivity index (χ0v) is 11.2. The minimum Gasteiger partial charge on any atom is -0.480 e. The number of carboxylic acids is 1. The van der Waals surface area contributed by atoms with Crippen LogP contribution in [0.1, 0.15) is 24.5 Å². The van der Waals surface area contributed by atoms with Gasteiger partial charge in [-0.25, -0.2) is 4.79 Å². The largest absolute Gasteiger partial charge is 0.480 e. The van der Waals surface area contributed by atoms with Gasteiger partial charge in [0, 0.05) is 0 Å². The van der Waals surface area contributed by atoms with Crippen molar-refractivity contribution in [1.82, 2.24) is 5.32 Å². The van der Waals surface area contributed by atoms with E-state index in [4.69, 9.17) is 5.11 Å². The molecule has 19 heavy (non-hydrogen) atoms. The summed E-state index contributed by atoms with van der Waals surface area (Å²) in [5.41, 5.74) is 1.94. The molecule has 0 radical (unpaired) electrons. The molecule has 4 nitrogen and oxygen atoms in total. The van der Waals surface area contributed by atoms with Gasteiger partial charge in [-0.05, 0) is 31.4 Å². The number of nitrogens with one attached hydrogen (secondary N) is 1. The number of carbonyl (C=O) groups excluding carboxylic acids is 1. The van der Waals surface area contributed by atoms with Gasteiger partial charge in [0.15, 0.2) is 0 Å². The third-order valence-corrected chi connectivity index (χ3v) is 2.85. The SMILES string of the molecule is C/C=C/CC(NC(=O)Cc1ccccc1C)C(=O)O. The lowest BCUT2D eigenvalue weighted by Gasteiger charge is -2.13. The van der Waals surface area contributed by atoms with E-state index in [-0.39, 0.29) is 12.3 Å². The van der Waals surface area contributed by atoms with Crippen molar-refractivity contribution >= 4 is 11.9 Å². The second-order valence-electron chi connectivity index (χ2n) is 4.37. The Hall–Kier alpha value is -2.10. The summed E-state index contributed by atoms with van der Waals surface area (Å²) in [6.45, 7) is 3.74. The first-order valence-electron chi connectivity index (χ1n) is 6.22. The van der Waals surface area contributed by atoms with E-state index in [9.17, 15) is 9.59 Å². The van der Waals surface area contributed by atoms with Crippen LogP contribution in [-0.4, -0.2) is 23.0 Å². The van der Waals surface area contributed by atoms with Crippen LogP contribution < -0.4 is 5.32 Å². The molecule has 0 aliphatic carbocycles. The molecule has 1 unspecified atom stereocenters. The smallest absolute Gasteiger partial charge is 0.326 e. The first kappa shape index (κ1) is 15.0. The van der Waals surface area contributed by atoms with Crippen LogP contribution in [0.25, 0.3) is 0 Å². The van der Waals surface area contributed by atoms with E-state index in [2.05, 4.69) is 5.32 Å². The zero-order valence-electron chi connectivity index (χ0n) is 11.2. The first-order valence-corrected chi connectivity index (χ1v) is 6.22. The van der Waals surface area contributed by atoms with E-state index in [1.54, 1.807) is 12.2 Å². The van der Waals surface area contributed by atoms with Crippen molar-refractivity contribution in [1.29, 1.82) is 0 Å². The molecular weight excluding hydrogens is 242 g/mol. The van der Waals surface area contributed by atoms with E-state index in [1.165, 1.54) is 0 Å². The molecule has 0 fully saturated rings. The van der Waals surface area contributed by atoms with Gasteiger partial charge < -0.3 is 10.4 Å². The highest BCUT2D eigenvalue weighted by Crippen LogP contribution is 2.08. The van der Waals surface area contributed by atoms with Crippen LogP contribution in [0.4, 0.5) is 0 Å². The fourth-order valence-corrected chi connectivity index (χ4v) is 1.72. The Kier molecular flexibility index (Phi) is 5.79. The first-order chi connectivity index (χ1) is 9.04. The Bertz CT molecular complexity index is 480. The second kappa shape index (κ2) is 7.36. The van der Waals surface area contributed by atoms with Crippen molar-refractivity contribution < 1.29 is 14.7 Å². The average Bonchev–Trinajstić information content (AvgIpc) is 2.37. The fraction of sp³-hybridized carbons (Fsp3) is 0.333. The number of rotatable bonds is 6. The Balaban J connectivity index is 2.63. The lowest BCUT2D eigenvalue weighted by molar-refractivity contribution is -0.141. The number of hydrogen-bond acceptors (Lipinski definition) is 2. The Morgan fingerprint density at radius 3 is 2.63 bits per heavy atom. The standard InChI is InChI=1S/C15H19NO3/c1-3-4-9-13(15(18)19)16-14(17)10-12-8-6-5-7-11(12)2/h3-8,13H,9-10H2,1-2H3,(H,16,17)(H,18,19)/b4-3+. The number of amides is 1. The maximum Gasteiger partial charge on any atom is 0.326 e. The second-order valence-corrected chi connectivity index (χ2v) is 4.37.